The van der Waals surface area contributed by atoms with Crippen LogP contribution in [0.4, 0.5) is 0 Å². The Hall–Kier alpha value is -1.12. The molecule has 0 aliphatic carbocycles. The summed E-state index contributed by atoms with van der Waals surface area (Å²) in [6, 6.07) is 17.6. The van der Waals surface area contributed by atoms with E-state index in [9.17, 15) is 0 Å². The van der Waals surface area contributed by atoms with Crippen molar-refractivity contribution in [1.29, 1.82) is 0 Å². The van der Waals surface area contributed by atoms with E-state index in [0.717, 1.165) is 13.0 Å². The Morgan fingerprint density at radius 3 is 2.47 bits per heavy atom. The maximum atomic E-state index is 3.58. The summed E-state index contributed by atoms with van der Waals surface area (Å²) >= 11 is 3.53. The zero-order chi connectivity index (χ0) is 13.7. The summed E-state index contributed by atoms with van der Waals surface area (Å²) < 4.78 is 1.17. The molecule has 1 N–H and O–H groups in total. The van der Waals surface area contributed by atoms with Gasteiger partial charge in [0.25, 0.3) is 0 Å². The first kappa shape index (κ1) is 14.3. The molecule has 0 spiro atoms. The van der Waals surface area contributed by atoms with Crippen LogP contribution in [0.1, 0.15) is 23.6 Å². The molecule has 2 heteroatoms. The first-order valence-corrected chi connectivity index (χ1v) is 7.47. The second-order valence-electron chi connectivity index (χ2n) is 5.06. The number of halogens is 1. The van der Waals surface area contributed by atoms with Crippen molar-refractivity contribution in [2.75, 3.05) is 0 Å². The molecule has 0 saturated heterocycles. The van der Waals surface area contributed by atoms with Gasteiger partial charge in [0.1, 0.15) is 0 Å². The smallest absolute Gasteiger partial charge is 0.0208 e. The quantitative estimate of drug-likeness (QED) is 0.857. The van der Waals surface area contributed by atoms with Gasteiger partial charge in [0.2, 0.25) is 0 Å². The van der Waals surface area contributed by atoms with Gasteiger partial charge in [-0.1, -0.05) is 58.4 Å². The summed E-state index contributed by atoms with van der Waals surface area (Å²) in [7, 11) is 0. The largest absolute Gasteiger partial charge is 0.310 e. The molecule has 0 aliphatic rings. The second kappa shape index (κ2) is 6.88. The summed E-state index contributed by atoms with van der Waals surface area (Å²) in [5.74, 6) is 0. The number of rotatable bonds is 5. The molecular formula is C17H20BrN. The fourth-order valence-electron chi connectivity index (χ4n) is 2.15. The number of aryl methyl sites for hydroxylation is 1. The molecule has 0 saturated carbocycles. The third kappa shape index (κ3) is 4.48. The van der Waals surface area contributed by atoms with Gasteiger partial charge < -0.3 is 5.32 Å². The summed E-state index contributed by atoms with van der Waals surface area (Å²) in [6.07, 6.45) is 1.07. The van der Waals surface area contributed by atoms with Crippen LogP contribution in [0.25, 0.3) is 0 Å². The van der Waals surface area contributed by atoms with Gasteiger partial charge in [-0.3, -0.25) is 0 Å². The Bertz CT molecular complexity index is 522. The molecule has 2 aromatic rings. The Morgan fingerprint density at radius 1 is 1.05 bits per heavy atom. The number of benzene rings is 2. The molecule has 0 fully saturated rings. The van der Waals surface area contributed by atoms with E-state index in [1.807, 2.05) is 0 Å². The Labute approximate surface area is 124 Å². The minimum absolute atomic E-state index is 0.478. The van der Waals surface area contributed by atoms with Crippen molar-refractivity contribution in [3.05, 3.63) is 69.7 Å². The minimum Gasteiger partial charge on any atom is -0.310 e. The SMILES string of the molecule is Cc1cc(CNC(C)Cc2ccccc2)ccc1Br. The van der Waals surface area contributed by atoms with Crippen molar-refractivity contribution in [1.82, 2.24) is 5.32 Å². The molecule has 2 rings (SSSR count). The molecule has 1 nitrogen and oxygen atoms in total. The normalized spacial score (nSPS) is 12.4. The molecule has 19 heavy (non-hydrogen) atoms. The molecule has 0 radical (unpaired) electrons. The van der Waals surface area contributed by atoms with Crippen LogP contribution in [0.3, 0.4) is 0 Å². The van der Waals surface area contributed by atoms with E-state index in [2.05, 4.69) is 83.6 Å². The molecular weight excluding hydrogens is 298 g/mol. The van der Waals surface area contributed by atoms with E-state index in [4.69, 9.17) is 0 Å². The van der Waals surface area contributed by atoms with Crippen molar-refractivity contribution < 1.29 is 0 Å². The van der Waals surface area contributed by atoms with Crippen molar-refractivity contribution >= 4 is 15.9 Å². The fourth-order valence-corrected chi connectivity index (χ4v) is 2.40. The predicted molar refractivity (Wildman–Crippen MR) is 85.3 cm³/mol. The highest BCUT2D eigenvalue weighted by Crippen LogP contribution is 2.17. The third-order valence-corrected chi connectivity index (χ3v) is 4.15. The first-order valence-electron chi connectivity index (χ1n) is 6.67. The van der Waals surface area contributed by atoms with E-state index in [1.54, 1.807) is 0 Å². The van der Waals surface area contributed by atoms with Crippen LogP contribution in [0.15, 0.2) is 53.0 Å². The average molecular weight is 318 g/mol. The van der Waals surface area contributed by atoms with Crippen molar-refractivity contribution in [3.8, 4) is 0 Å². The van der Waals surface area contributed by atoms with E-state index in [-0.39, 0.29) is 0 Å². The molecule has 0 aliphatic heterocycles. The summed E-state index contributed by atoms with van der Waals surface area (Å²) in [5.41, 5.74) is 4.00. The van der Waals surface area contributed by atoms with Crippen LogP contribution < -0.4 is 5.32 Å². The zero-order valence-corrected chi connectivity index (χ0v) is 13.1. The van der Waals surface area contributed by atoms with Crippen molar-refractivity contribution in [2.24, 2.45) is 0 Å². The van der Waals surface area contributed by atoms with Gasteiger partial charge in [0.15, 0.2) is 0 Å². The van der Waals surface area contributed by atoms with Gasteiger partial charge in [-0.2, -0.15) is 0 Å². The first-order chi connectivity index (χ1) is 9.15. The zero-order valence-electron chi connectivity index (χ0n) is 11.5. The lowest BCUT2D eigenvalue weighted by Gasteiger charge is -2.14. The van der Waals surface area contributed by atoms with Crippen LogP contribution in [0.2, 0.25) is 0 Å². The van der Waals surface area contributed by atoms with Crippen LogP contribution in [0, 0.1) is 6.92 Å². The van der Waals surface area contributed by atoms with Gasteiger partial charge in [-0.25, -0.2) is 0 Å². The number of nitrogens with one attached hydrogen (secondary N) is 1. The lowest BCUT2D eigenvalue weighted by molar-refractivity contribution is 0.545. The lowest BCUT2D eigenvalue weighted by atomic mass is 10.1. The molecule has 0 amide bonds. The van der Waals surface area contributed by atoms with Crippen molar-refractivity contribution in [3.63, 3.8) is 0 Å². The maximum absolute atomic E-state index is 3.58. The monoisotopic (exact) mass is 317 g/mol. The highest BCUT2D eigenvalue weighted by Gasteiger charge is 2.03. The summed E-state index contributed by atoms with van der Waals surface area (Å²) in [6.45, 7) is 5.28. The van der Waals surface area contributed by atoms with Crippen LogP contribution >= 0.6 is 15.9 Å². The van der Waals surface area contributed by atoms with Gasteiger partial charge in [-0.05, 0) is 43.0 Å². The van der Waals surface area contributed by atoms with Crippen molar-refractivity contribution in [2.45, 2.75) is 32.9 Å². The standard InChI is InChI=1S/C17H20BrN/c1-13-10-16(8-9-17(13)18)12-19-14(2)11-15-6-4-3-5-7-15/h3-10,14,19H,11-12H2,1-2H3. The van der Waals surface area contributed by atoms with Crippen LogP contribution in [-0.2, 0) is 13.0 Å². The molecule has 2 aromatic carbocycles. The fraction of sp³-hybridized carbons (Fsp3) is 0.294. The topological polar surface area (TPSA) is 12.0 Å². The number of hydrogen-bond acceptors (Lipinski definition) is 1. The lowest BCUT2D eigenvalue weighted by Crippen LogP contribution is -2.27. The van der Waals surface area contributed by atoms with Gasteiger partial charge >= 0.3 is 0 Å². The van der Waals surface area contributed by atoms with Gasteiger partial charge in [0, 0.05) is 17.1 Å². The molecule has 1 atom stereocenters. The summed E-state index contributed by atoms with van der Waals surface area (Å²) in [4.78, 5) is 0. The Balaban J connectivity index is 1.86. The third-order valence-electron chi connectivity index (χ3n) is 3.26. The average Bonchev–Trinajstić information content (AvgIpc) is 2.41. The highest BCUT2D eigenvalue weighted by atomic mass is 79.9. The minimum atomic E-state index is 0.478. The van der Waals surface area contributed by atoms with E-state index >= 15 is 0 Å². The molecule has 0 bridgehead atoms. The van der Waals surface area contributed by atoms with Gasteiger partial charge in [0.05, 0.1) is 0 Å². The Morgan fingerprint density at radius 2 is 1.79 bits per heavy atom. The molecule has 0 aromatic heterocycles. The predicted octanol–water partition coefficient (Wildman–Crippen LogP) is 4.48. The molecule has 1 unspecified atom stereocenters. The highest BCUT2D eigenvalue weighted by molar-refractivity contribution is 9.10. The van der Waals surface area contributed by atoms with Gasteiger partial charge in [-0.15, -0.1) is 0 Å². The van der Waals surface area contributed by atoms with E-state index in [0.29, 0.717) is 6.04 Å². The molecule has 100 valence electrons. The van der Waals surface area contributed by atoms with E-state index < -0.39 is 0 Å². The van der Waals surface area contributed by atoms with Crippen LogP contribution in [0.5, 0.6) is 0 Å². The summed E-state index contributed by atoms with van der Waals surface area (Å²) in [5, 5.41) is 3.58. The van der Waals surface area contributed by atoms with E-state index in [1.165, 1.54) is 21.2 Å². The van der Waals surface area contributed by atoms with Crippen LogP contribution in [-0.4, -0.2) is 6.04 Å². The molecule has 0 heterocycles. The number of hydrogen-bond donors (Lipinski definition) is 1. The maximum Gasteiger partial charge on any atom is 0.0208 e. The Kier molecular flexibility index (Phi) is 5.17. The second-order valence-corrected chi connectivity index (χ2v) is 5.91.